The van der Waals surface area contributed by atoms with Crippen molar-refractivity contribution in [3.05, 3.63) is 11.1 Å². The standard InChI is InChI=1S/C12H19N3OS/c1-2-9(5-8-3-4-8)14-11(16)6-10-7-17-12(13)15-10/h7-9H,2-6H2,1H3,(H2,13,15)(H,14,16). The van der Waals surface area contributed by atoms with Crippen LogP contribution in [-0.2, 0) is 11.2 Å². The van der Waals surface area contributed by atoms with Gasteiger partial charge in [0, 0.05) is 11.4 Å². The Kier molecular flexibility index (Phi) is 3.99. The number of hydrogen-bond acceptors (Lipinski definition) is 4. The van der Waals surface area contributed by atoms with Crippen LogP contribution in [0.15, 0.2) is 5.38 Å². The summed E-state index contributed by atoms with van der Waals surface area (Å²) in [4.78, 5) is 15.9. The van der Waals surface area contributed by atoms with Crippen LogP contribution >= 0.6 is 11.3 Å². The highest BCUT2D eigenvalue weighted by Crippen LogP contribution is 2.34. The molecule has 1 atom stereocenters. The fraction of sp³-hybridized carbons (Fsp3) is 0.667. The number of aromatic nitrogens is 1. The van der Waals surface area contributed by atoms with Crippen LogP contribution in [-0.4, -0.2) is 16.9 Å². The quantitative estimate of drug-likeness (QED) is 0.814. The molecule has 3 N–H and O–H groups in total. The molecular weight excluding hydrogens is 234 g/mol. The number of rotatable bonds is 6. The molecule has 1 aliphatic carbocycles. The van der Waals surface area contributed by atoms with Crippen molar-refractivity contribution >= 4 is 22.4 Å². The molecule has 0 aliphatic heterocycles. The highest BCUT2D eigenvalue weighted by Gasteiger charge is 2.25. The first-order valence-corrected chi connectivity index (χ1v) is 7.04. The van der Waals surface area contributed by atoms with Crippen molar-refractivity contribution in [3.63, 3.8) is 0 Å². The summed E-state index contributed by atoms with van der Waals surface area (Å²) in [5.41, 5.74) is 6.30. The topological polar surface area (TPSA) is 68.0 Å². The predicted molar refractivity (Wildman–Crippen MR) is 69.8 cm³/mol. The van der Waals surface area contributed by atoms with Crippen LogP contribution in [0.25, 0.3) is 0 Å². The van der Waals surface area contributed by atoms with E-state index in [9.17, 15) is 4.79 Å². The van der Waals surface area contributed by atoms with Crippen LogP contribution in [0.5, 0.6) is 0 Å². The van der Waals surface area contributed by atoms with E-state index in [0.29, 0.717) is 17.6 Å². The van der Waals surface area contributed by atoms with Crippen molar-refractivity contribution in [2.45, 2.75) is 45.1 Å². The minimum absolute atomic E-state index is 0.0581. The molecule has 5 heteroatoms. The predicted octanol–water partition coefficient (Wildman–Crippen LogP) is 1.96. The van der Waals surface area contributed by atoms with Crippen molar-refractivity contribution in [1.29, 1.82) is 0 Å². The van der Waals surface area contributed by atoms with Gasteiger partial charge >= 0.3 is 0 Å². The maximum Gasteiger partial charge on any atom is 0.226 e. The Hall–Kier alpha value is -1.10. The number of nitrogen functional groups attached to an aromatic ring is 1. The number of carbonyl (C=O) groups excluding carboxylic acids is 1. The van der Waals surface area contributed by atoms with E-state index in [4.69, 9.17) is 5.73 Å². The lowest BCUT2D eigenvalue weighted by Gasteiger charge is -2.16. The molecule has 0 bridgehead atoms. The molecule has 1 amide bonds. The maximum atomic E-state index is 11.8. The largest absolute Gasteiger partial charge is 0.375 e. The van der Waals surface area contributed by atoms with Crippen molar-refractivity contribution in [3.8, 4) is 0 Å². The lowest BCUT2D eigenvalue weighted by molar-refractivity contribution is -0.121. The van der Waals surface area contributed by atoms with Gasteiger partial charge < -0.3 is 11.1 Å². The third-order valence-corrected chi connectivity index (χ3v) is 3.81. The molecule has 1 aromatic rings. The Balaban J connectivity index is 1.78. The van der Waals surface area contributed by atoms with Crippen molar-refractivity contribution in [2.24, 2.45) is 5.92 Å². The number of carbonyl (C=O) groups is 1. The Morgan fingerprint density at radius 2 is 2.47 bits per heavy atom. The zero-order valence-electron chi connectivity index (χ0n) is 10.1. The van der Waals surface area contributed by atoms with Crippen LogP contribution in [0.4, 0.5) is 5.13 Å². The number of amides is 1. The normalized spacial score (nSPS) is 16.8. The molecule has 94 valence electrons. The fourth-order valence-electron chi connectivity index (χ4n) is 1.93. The molecule has 2 rings (SSSR count). The maximum absolute atomic E-state index is 11.8. The van der Waals surface area contributed by atoms with Gasteiger partial charge in [0.25, 0.3) is 0 Å². The van der Waals surface area contributed by atoms with Crippen molar-refractivity contribution in [1.82, 2.24) is 10.3 Å². The van der Waals surface area contributed by atoms with Gasteiger partial charge in [0.2, 0.25) is 5.91 Å². The highest BCUT2D eigenvalue weighted by atomic mass is 32.1. The van der Waals surface area contributed by atoms with Crippen LogP contribution < -0.4 is 11.1 Å². The average Bonchev–Trinajstić information content (AvgIpc) is 3.01. The van der Waals surface area contributed by atoms with E-state index < -0.39 is 0 Å². The van der Waals surface area contributed by atoms with Crippen LogP contribution in [0.1, 0.15) is 38.3 Å². The smallest absolute Gasteiger partial charge is 0.226 e. The lowest BCUT2D eigenvalue weighted by atomic mass is 10.1. The Labute approximate surface area is 106 Å². The van der Waals surface area contributed by atoms with Gasteiger partial charge in [0.05, 0.1) is 12.1 Å². The first-order chi connectivity index (χ1) is 8.17. The zero-order chi connectivity index (χ0) is 12.3. The SMILES string of the molecule is CCC(CC1CC1)NC(=O)Cc1csc(N)n1. The molecule has 1 fully saturated rings. The third kappa shape index (κ3) is 4.00. The highest BCUT2D eigenvalue weighted by molar-refractivity contribution is 7.13. The first-order valence-electron chi connectivity index (χ1n) is 6.16. The summed E-state index contributed by atoms with van der Waals surface area (Å²) in [6, 6.07) is 0.325. The lowest BCUT2D eigenvalue weighted by Crippen LogP contribution is -2.35. The average molecular weight is 253 g/mol. The molecular formula is C12H19N3OS. The summed E-state index contributed by atoms with van der Waals surface area (Å²) in [6.07, 6.45) is 5.13. The van der Waals surface area contributed by atoms with Gasteiger partial charge in [-0.2, -0.15) is 0 Å². The zero-order valence-corrected chi connectivity index (χ0v) is 10.9. The molecule has 1 aliphatic rings. The van der Waals surface area contributed by atoms with Gasteiger partial charge in [-0.15, -0.1) is 11.3 Å². The Morgan fingerprint density at radius 1 is 1.71 bits per heavy atom. The van der Waals surface area contributed by atoms with Crippen molar-refractivity contribution in [2.75, 3.05) is 5.73 Å². The van der Waals surface area contributed by atoms with Gasteiger partial charge in [-0.3, -0.25) is 4.79 Å². The summed E-state index contributed by atoms with van der Waals surface area (Å²) >= 11 is 1.38. The third-order valence-electron chi connectivity index (χ3n) is 3.08. The molecule has 1 saturated carbocycles. The van der Waals surface area contributed by atoms with Gasteiger partial charge in [-0.25, -0.2) is 4.98 Å². The van der Waals surface area contributed by atoms with Crippen molar-refractivity contribution < 1.29 is 4.79 Å². The molecule has 1 heterocycles. The van der Waals surface area contributed by atoms with E-state index in [1.165, 1.54) is 24.2 Å². The second kappa shape index (κ2) is 5.49. The number of nitrogens with two attached hydrogens (primary N) is 1. The number of anilines is 1. The summed E-state index contributed by atoms with van der Waals surface area (Å²) in [6.45, 7) is 2.12. The molecule has 0 saturated heterocycles. The van der Waals surface area contributed by atoms with E-state index >= 15 is 0 Å². The number of nitrogens with zero attached hydrogens (tertiary/aromatic N) is 1. The van der Waals surface area contributed by atoms with Crippen LogP contribution in [0, 0.1) is 5.92 Å². The van der Waals surface area contributed by atoms with Gasteiger partial charge in [0.1, 0.15) is 0 Å². The molecule has 0 radical (unpaired) electrons. The van der Waals surface area contributed by atoms with E-state index in [0.717, 1.165) is 24.5 Å². The van der Waals surface area contributed by atoms with E-state index in [1.54, 1.807) is 0 Å². The summed E-state index contributed by atoms with van der Waals surface area (Å²) < 4.78 is 0. The number of thiazole rings is 1. The Bertz CT molecular complexity index is 387. The minimum atomic E-state index is 0.0581. The summed E-state index contributed by atoms with van der Waals surface area (Å²) in [5, 5.41) is 5.45. The molecule has 0 spiro atoms. The second-order valence-electron chi connectivity index (χ2n) is 4.71. The molecule has 4 nitrogen and oxygen atoms in total. The summed E-state index contributed by atoms with van der Waals surface area (Å²) in [7, 11) is 0. The monoisotopic (exact) mass is 253 g/mol. The first kappa shape index (κ1) is 12.4. The number of hydrogen-bond donors (Lipinski definition) is 2. The van der Waals surface area contributed by atoms with Gasteiger partial charge in [0.15, 0.2) is 5.13 Å². The second-order valence-corrected chi connectivity index (χ2v) is 5.60. The van der Waals surface area contributed by atoms with E-state index in [2.05, 4.69) is 17.2 Å². The fourth-order valence-corrected chi connectivity index (χ4v) is 2.49. The molecule has 0 aromatic carbocycles. The van der Waals surface area contributed by atoms with Gasteiger partial charge in [-0.1, -0.05) is 19.8 Å². The number of nitrogens with one attached hydrogen (secondary N) is 1. The molecule has 1 aromatic heterocycles. The summed E-state index contributed by atoms with van der Waals surface area (Å²) in [5.74, 6) is 0.901. The van der Waals surface area contributed by atoms with Crippen LogP contribution in [0.2, 0.25) is 0 Å². The Morgan fingerprint density at radius 3 is 3.00 bits per heavy atom. The molecule has 17 heavy (non-hydrogen) atoms. The van der Waals surface area contributed by atoms with E-state index in [1.807, 2.05) is 5.38 Å². The van der Waals surface area contributed by atoms with Gasteiger partial charge in [-0.05, 0) is 18.8 Å². The minimum Gasteiger partial charge on any atom is -0.375 e. The van der Waals surface area contributed by atoms with E-state index in [-0.39, 0.29) is 5.91 Å². The molecule has 1 unspecified atom stereocenters. The van der Waals surface area contributed by atoms with Crippen LogP contribution in [0.3, 0.4) is 0 Å².